The van der Waals surface area contributed by atoms with Crippen LogP contribution < -0.4 is 11.2 Å². The zero-order valence-electron chi connectivity index (χ0n) is 7.11. The molecule has 0 aromatic carbocycles. The van der Waals surface area contributed by atoms with Crippen LogP contribution in [0, 0.1) is 0 Å². The first-order valence-corrected chi connectivity index (χ1v) is 3.58. The molecule has 0 atom stereocenters. The summed E-state index contributed by atoms with van der Waals surface area (Å²) in [6.07, 6.45) is 2.95. The van der Waals surface area contributed by atoms with Gasteiger partial charge < -0.3 is 10.2 Å². The van der Waals surface area contributed by atoms with Crippen molar-refractivity contribution in [3.63, 3.8) is 0 Å². The molecule has 0 fully saturated rings. The van der Waals surface area contributed by atoms with Gasteiger partial charge in [0.05, 0.1) is 13.4 Å². The Labute approximate surface area is 75.1 Å². The second-order valence-electron chi connectivity index (χ2n) is 2.24. The van der Waals surface area contributed by atoms with Crippen LogP contribution in [0.1, 0.15) is 5.76 Å². The molecule has 1 heterocycles. The summed E-state index contributed by atoms with van der Waals surface area (Å²) >= 11 is 0. The monoisotopic (exact) mass is 182 g/mol. The summed E-state index contributed by atoms with van der Waals surface area (Å²) in [5, 5.41) is 0. The molecule has 0 aliphatic carbocycles. The number of primary amides is 1. The average molecular weight is 182 g/mol. The third-order valence-corrected chi connectivity index (χ3v) is 1.31. The fraction of sp³-hybridized carbons (Fsp3) is 0.125. The van der Waals surface area contributed by atoms with E-state index in [0.29, 0.717) is 5.76 Å². The van der Waals surface area contributed by atoms with Crippen molar-refractivity contribution in [1.29, 1.82) is 0 Å². The highest BCUT2D eigenvalue weighted by molar-refractivity contribution is 5.95. The van der Waals surface area contributed by atoms with E-state index in [1.54, 1.807) is 12.1 Å². The van der Waals surface area contributed by atoms with Crippen LogP contribution in [-0.2, 0) is 9.63 Å². The van der Waals surface area contributed by atoms with Crippen molar-refractivity contribution in [3.8, 4) is 0 Å². The molecule has 1 aromatic heterocycles. The number of hydrogen-bond acceptors (Lipinski definition) is 4. The Morgan fingerprint density at radius 2 is 2.54 bits per heavy atom. The molecule has 0 bridgehead atoms. The van der Waals surface area contributed by atoms with Crippen LogP contribution in [0.25, 0.3) is 6.08 Å². The number of hydroxylamine groups is 1. The standard InChI is InChI=1S/C8H10N2O3/c1-12-10-7(8(9)11)5-6-3-2-4-13-6/h2-5,10H,1H3,(H2,9,11). The number of furan rings is 1. The SMILES string of the molecule is CONC(=Cc1ccco1)C(N)=O. The smallest absolute Gasteiger partial charge is 0.267 e. The number of nitrogens with one attached hydrogen (secondary N) is 1. The molecule has 0 saturated heterocycles. The fourth-order valence-electron chi connectivity index (χ4n) is 0.776. The Morgan fingerprint density at radius 1 is 1.77 bits per heavy atom. The van der Waals surface area contributed by atoms with Gasteiger partial charge in [0.15, 0.2) is 0 Å². The molecule has 5 heteroatoms. The normalized spacial score (nSPS) is 11.3. The molecule has 1 rings (SSSR count). The van der Waals surface area contributed by atoms with E-state index in [1.807, 2.05) is 0 Å². The lowest BCUT2D eigenvalue weighted by Gasteiger charge is -2.02. The zero-order valence-corrected chi connectivity index (χ0v) is 7.11. The molecule has 0 aliphatic heterocycles. The molecule has 0 saturated carbocycles. The highest BCUT2D eigenvalue weighted by atomic mass is 16.6. The molecular weight excluding hydrogens is 172 g/mol. The molecular formula is C8H10N2O3. The van der Waals surface area contributed by atoms with Crippen molar-refractivity contribution < 1.29 is 14.0 Å². The van der Waals surface area contributed by atoms with Crippen molar-refractivity contribution >= 4 is 12.0 Å². The molecule has 0 spiro atoms. The van der Waals surface area contributed by atoms with E-state index < -0.39 is 5.91 Å². The first-order chi connectivity index (χ1) is 6.24. The van der Waals surface area contributed by atoms with E-state index in [-0.39, 0.29) is 5.70 Å². The van der Waals surface area contributed by atoms with Gasteiger partial charge >= 0.3 is 0 Å². The average Bonchev–Trinajstić information content (AvgIpc) is 2.56. The number of carbonyl (C=O) groups excluding carboxylic acids is 1. The molecule has 0 unspecified atom stereocenters. The first-order valence-electron chi connectivity index (χ1n) is 3.58. The Morgan fingerprint density at radius 3 is 3.00 bits per heavy atom. The topological polar surface area (TPSA) is 77.5 Å². The Bertz CT molecular complexity index is 303. The van der Waals surface area contributed by atoms with Gasteiger partial charge in [-0.2, -0.15) is 0 Å². The minimum atomic E-state index is -0.613. The first kappa shape index (κ1) is 9.34. The van der Waals surface area contributed by atoms with Crippen molar-refractivity contribution in [2.24, 2.45) is 5.73 Å². The molecule has 13 heavy (non-hydrogen) atoms. The van der Waals surface area contributed by atoms with E-state index >= 15 is 0 Å². The maximum atomic E-state index is 10.8. The summed E-state index contributed by atoms with van der Waals surface area (Å²) in [5.41, 5.74) is 7.53. The number of carbonyl (C=O) groups is 1. The number of nitrogens with two attached hydrogens (primary N) is 1. The molecule has 3 N–H and O–H groups in total. The minimum Gasteiger partial charge on any atom is -0.465 e. The molecule has 5 nitrogen and oxygen atoms in total. The maximum absolute atomic E-state index is 10.8. The molecule has 1 amide bonds. The van der Waals surface area contributed by atoms with Crippen LogP contribution in [-0.4, -0.2) is 13.0 Å². The highest BCUT2D eigenvalue weighted by Gasteiger charge is 2.04. The summed E-state index contributed by atoms with van der Waals surface area (Å²) in [6.45, 7) is 0. The number of hydrogen-bond donors (Lipinski definition) is 2. The van der Waals surface area contributed by atoms with Crippen LogP contribution in [0.5, 0.6) is 0 Å². The van der Waals surface area contributed by atoms with Crippen molar-refractivity contribution in [3.05, 3.63) is 29.9 Å². The van der Waals surface area contributed by atoms with Gasteiger partial charge in [-0.25, -0.2) is 0 Å². The zero-order chi connectivity index (χ0) is 9.68. The number of rotatable bonds is 4. The van der Waals surface area contributed by atoms with Gasteiger partial charge in [0.25, 0.3) is 5.91 Å². The Balaban J connectivity index is 2.80. The second-order valence-corrected chi connectivity index (χ2v) is 2.24. The van der Waals surface area contributed by atoms with E-state index in [4.69, 9.17) is 10.2 Å². The predicted octanol–water partition coefficient (Wildman–Crippen LogP) is 0.257. The second kappa shape index (κ2) is 4.32. The minimum absolute atomic E-state index is 0.137. The van der Waals surface area contributed by atoms with Gasteiger partial charge in [0.2, 0.25) is 0 Å². The third kappa shape index (κ3) is 2.64. The van der Waals surface area contributed by atoms with E-state index in [0.717, 1.165) is 0 Å². The van der Waals surface area contributed by atoms with Crippen LogP contribution >= 0.6 is 0 Å². The van der Waals surface area contributed by atoms with E-state index in [9.17, 15) is 4.79 Å². The van der Waals surface area contributed by atoms with Gasteiger partial charge in [0.1, 0.15) is 11.5 Å². The molecule has 0 aliphatic rings. The summed E-state index contributed by atoms with van der Waals surface area (Å²) in [7, 11) is 1.39. The van der Waals surface area contributed by atoms with Crippen molar-refractivity contribution in [2.45, 2.75) is 0 Å². The van der Waals surface area contributed by atoms with E-state index in [2.05, 4.69) is 10.3 Å². The lowest BCUT2D eigenvalue weighted by atomic mass is 10.3. The van der Waals surface area contributed by atoms with Crippen molar-refractivity contribution in [1.82, 2.24) is 5.48 Å². The number of amides is 1. The van der Waals surface area contributed by atoms with Gasteiger partial charge in [-0.15, -0.1) is 0 Å². The Kier molecular flexibility index (Phi) is 3.10. The van der Waals surface area contributed by atoms with Crippen LogP contribution in [0.15, 0.2) is 28.5 Å². The Hall–Kier alpha value is -1.75. The van der Waals surface area contributed by atoms with Gasteiger partial charge in [-0.3, -0.25) is 15.1 Å². The predicted molar refractivity (Wildman–Crippen MR) is 46.0 cm³/mol. The largest absolute Gasteiger partial charge is 0.465 e. The van der Waals surface area contributed by atoms with Crippen LogP contribution in [0.4, 0.5) is 0 Å². The van der Waals surface area contributed by atoms with E-state index in [1.165, 1.54) is 19.4 Å². The fourth-order valence-corrected chi connectivity index (χ4v) is 0.776. The van der Waals surface area contributed by atoms with Gasteiger partial charge in [0, 0.05) is 6.08 Å². The summed E-state index contributed by atoms with van der Waals surface area (Å²) in [5.74, 6) is -0.0865. The molecule has 70 valence electrons. The molecule has 1 aromatic rings. The lowest BCUT2D eigenvalue weighted by Crippen LogP contribution is -2.25. The van der Waals surface area contributed by atoms with Crippen LogP contribution in [0.3, 0.4) is 0 Å². The summed E-state index contributed by atoms with van der Waals surface area (Å²) < 4.78 is 4.98. The quantitative estimate of drug-likeness (QED) is 0.517. The summed E-state index contributed by atoms with van der Waals surface area (Å²) in [4.78, 5) is 15.3. The van der Waals surface area contributed by atoms with Gasteiger partial charge in [-0.1, -0.05) is 0 Å². The van der Waals surface area contributed by atoms with Gasteiger partial charge in [-0.05, 0) is 12.1 Å². The van der Waals surface area contributed by atoms with Crippen LogP contribution in [0.2, 0.25) is 0 Å². The summed E-state index contributed by atoms with van der Waals surface area (Å²) in [6, 6.07) is 3.40. The lowest BCUT2D eigenvalue weighted by molar-refractivity contribution is -0.116. The third-order valence-electron chi connectivity index (χ3n) is 1.31. The maximum Gasteiger partial charge on any atom is 0.267 e. The highest BCUT2D eigenvalue weighted by Crippen LogP contribution is 2.05. The van der Waals surface area contributed by atoms with Crippen molar-refractivity contribution in [2.75, 3.05) is 7.11 Å². The molecule has 0 radical (unpaired) electrons.